The third-order valence-corrected chi connectivity index (χ3v) is 2.15. The first-order valence-electron chi connectivity index (χ1n) is 3.30. The van der Waals surface area contributed by atoms with Crippen molar-refractivity contribution in [2.45, 2.75) is 19.8 Å². The second-order valence-electron chi connectivity index (χ2n) is 3.25. The van der Waals surface area contributed by atoms with Crippen LogP contribution in [0, 0.1) is 22.7 Å². The maximum atomic E-state index is 8.42. The highest BCUT2D eigenvalue weighted by Crippen LogP contribution is 2.43. The van der Waals surface area contributed by atoms with Crippen molar-refractivity contribution in [2.24, 2.45) is 17.1 Å². The summed E-state index contributed by atoms with van der Waals surface area (Å²) in [5.74, 6) is 0.290. The van der Waals surface area contributed by atoms with Crippen molar-refractivity contribution in [1.29, 1.82) is 5.26 Å². The van der Waals surface area contributed by atoms with Crippen LogP contribution in [-0.2, 0) is 0 Å². The lowest BCUT2D eigenvalue weighted by Gasteiger charge is -2.40. The molecule has 2 nitrogen and oxygen atoms in total. The van der Waals surface area contributed by atoms with E-state index in [1.807, 2.05) is 0 Å². The van der Waals surface area contributed by atoms with E-state index in [2.05, 4.69) is 13.0 Å². The fraction of sp³-hybridized carbons (Fsp3) is 0.857. The summed E-state index contributed by atoms with van der Waals surface area (Å²) in [5.41, 5.74) is 5.77. The lowest BCUT2D eigenvalue weighted by Crippen LogP contribution is -2.39. The molecule has 0 amide bonds. The van der Waals surface area contributed by atoms with Crippen LogP contribution in [0.15, 0.2) is 0 Å². The molecule has 9 heavy (non-hydrogen) atoms. The predicted molar refractivity (Wildman–Crippen MR) is 35.5 cm³/mol. The molecule has 2 heteroatoms. The van der Waals surface area contributed by atoms with Gasteiger partial charge in [-0.3, -0.25) is 0 Å². The fourth-order valence-electron chi connectivity index (χ4n) is 1.39. The van der Waals surface area contributed by atoms with Crippen LogP contribution < -0.4 is 5.73 Å². The molecule has 0 aromatic heterocycles. The summed E-state index contributed by atoms with van der Waals surface area (Å²) in [4.78, 5) is 0. The van der Waals surface area contributed by atoms with E-state index in [0.29, 0.717) is 11.3 Å². The Labute approximate surface area is 55.7 Å². The Bertz CT molecular complexity index is 139. The third-order valence-electron chi connectivity index (χ3n) is 2.15. The second-order valence-corrected chi connectivity index (χ2v) is 3.25. The average Bonchev–Trinajstić information content (AvgIpc) is 1.81. The summed E-state index contributed by atoms with van der Waals surface area (Å²) >= 11 is 0. The molecule has 0 unspecified atom stereocenters. The monoisotopic (exact) mass is 124 g/mol. The van der Waals surface area contributed by atoms with Crippen LogP contribution in [0.2, 0.25) is 0 Å². The maximum Gasteiger partial charge on any atom is 0.0656 e. The largest absolute Gasteiger partial charge is 0.330 e. The molecule has 0 aromatic rings. The van der Waals surface area contributed by atoms with E-state index in [4.69, 9.17) is 11.0 Å². The fourth-order valence-corrected chi connectivity index (χ4v) is 1.39. The van der Waals surface area contributed by atoms with E-state index in [0.717, 1.165) is 19.4 Å². The Kier molecular flexibility index (Phi) is 1.46. The topological polar surface area (TPSA) is 49.8 Å². The molecule has 0 atom stereocenters. The summed E-state index contributed by atoms with van der Waals surface area (Å²) in [6.07, 6.45) is 2.00. The van der Waals surface area contributed by atoms with Crippen molar-refractivity contribution < 1.29 is 0 Å². The van der Waals surface area contributed by atoms with Gasteiger partial charge in [-0.1, -0.05) is 6.92 Å². The SMILES string of the molecule is CC1(CN)CC(C#N)C1. The third kappa shape index (κ3) is 1.06. The summed E-state index contributed by atoms with van der Waals surface area (Å²) in [6.45, 7) is 2.87. The Balaban J connectivity index is 2.34. The number of hydrogen-bond acceptors (Lipinski definition) is 2. The zero-order valence-electron chi connectivity index (χ0n) is 5.72. The average molecular weight is 124 g/mol. The summed E-state index contributed by atoms with van der Waals surface area (Å²) < 4.78 is 0. The van der Waals surface area contributed by atoms with Crippen LogP contribution in [0.4, 0.5) is 0 Å². The van der Waals surface area contributed by atoms with Crippen LogP contribution in [-0.4, -0.2) is 6.54 Å². The molecule has 0 radical (unpaired) electrons. The Hall–Kier alpha value is -0.550. The lowest BCUT2D eigenvalue weighted by molar-refractivity contribution is 0.122. The molecule has 1 aliphatic carbocycles. The number of nitrogens with zero attached hydrogens (tertiary/aromatic N) is 1. The van der Waals surface area contributed by atoms with E-state index in [-0.39, 0.29) is 0 Å². The highest BCUT2D eigenvalue weighted by Gasteiger charge is 2.38. The predicted octanol–water partition coefficient (Wildman–Crippen LogP) is 0.885. The Morgan fingerprint density at radius 2 is 2.33 bits per heavy atom. The maximum absolute atomic E-state index is 8.42. The minimum absolute atomic E-state index is 0.290. The molecular formula is C7H12N2. The van der Waals surface area contributed by atoms with Crippen LogP contribution in [0.5, 0.6) is 0 Å². The van der Waals surface area contributed by atoms with Crippen LogP contribution in [0.25, 0.3) is 0 Å². The minimum Gasteiger partial charge on any atom is -0.330 e. The van der Waals surface area contributed by atoms with E-state index in [1.54, 1.807) is 0 Å². The van der Waals surface area contributed by atoms with Crippen LogP contribution in [0.1, 0.15) is 19.8 Å². The molecule has 1 saturated carbocycles. The first kappa shape index (κ1) is 6.57. The summed E-state index contributed by atoms with van der Waals surface area (Å²) in [7, 11) is 0. The van der Waals surface area contributed by atoms with Crippen molar-refractivity contribution in [3.05, 3.63) is 0 Å². The molecule has 1 rings (SSSR count). The molecule has 2 N–H and O–H groups in total. The van der Waals surface area contributed by atoms with Crippen molar-refractivity contribution >= 4 is 0 Å². The van der Waals surface area contributed by atoms with Gasteiger partial charge >= 0.3 is 0 Å². The summed E-state index contributed by atoms with van der Waals surface area (Å²) in [6, 6.07) is 2.24. The van der Waals surface area contributed by atoms with Crippen LogP contribution in [0.3, 0.4) is 0 Å². The molecule has 0 aliphatic heterocycles. The Morgan fingerprint density at radius 1 is 1.78 bits per heavy atom. The number of nitriles is 1. The van der Waals surface area contributed by atoms with E-state index in [9.17, 15) is 0 Å². The highest BCUT2D eigenvalue weighted by molar-refractivity contribution is 5.00. The van der Waals surface area contributed by atoms with Gasteiger partial charge in [0.1, 0.15) is 0 Å². The first-order valence-corrected chi connectivity index (χ1v) is 3.30. The smallest absolute Gasteiger partial charge is 0.0656 e. The number of rotatable bonds is 1. The number of nitrogens with two attached hydrogens (primary N) is 1. The van der Waals surface area contributed by atoms with Crippen molar-refractivity contribution in [3.63, 3.8) is 0 Å². The Morgan fingerprint density at radius 3 is 2.67 bits per heavy atom. The molecule has 1 fully saturated rings. The van der Waals surface area contributed by atoms with E-state index in [1.165, 1.54) is 0 Å². The molecule has 0 spiro atoms. The minimum atomic E-state index is 0.290. The van der Waals surface area contributed by atoms with E-state index < -0.39 is 0 Å². The first-order chi connectivity index (χ1) is 4.20. The number of hydrogen-bond donors (Lipinski definition) is 1. The van der Waals surface area contributed by atoms with Gasteiger partial charge in [-0.2, -0.15) is 5.26 Å². The van der Waals surface area contributed by atoms with Gasteiger partial charge in [0, 0.05) is 5.92 Å². The molecule has 0 aromatic carbocycles. The lowest BCUT2D eigenvalue weighted by atomic mass is 9.64. The van der Waals surface area contributed by atoms with Crippen molar-refractivity contribution in [2.75, 3.05) is 6.54 Å². The molecule has 0 heterocycles. The van der Waals surface area contributed by atoms with Gasteiger partial charge in [0.2, 0.25) is 0 Å². The summed E-state index contributed by atoms with van der Waals surface area (Å²) in [5, 5.41) is 8.42. The van der Waals surface area contributed by atoms with Gasteiger partial charge in [-0.05, 0) is 24.8 Å². The van der Waals surface area contributed by atoms with Gasteiger partial charge in [0.15, 0.2) is 0 Å². The van der Waals surface area contributed by atoms with Gasteiger partial charge < -0.3 is 5.73 Å². The van der Waals surface area contributed by atoms with E-state index >= 15 is 0 Å². The van der Waals surface area contributed by atoms with Gasteiger partial charge in [0.25, 0.3) is 0 Å². The zero-order valence-corrected chi connectivity index (χ0v) is 5.72. The molecule has 0 bridgehead atoms. The molecular weight excluding hydrogens is 112 g/mol. The quantitative estimate of drug-likeness (QED) is 0.564. The normalized spacial score (nSPS) is 41.2. The molecule has 50 valence electrons. The second kappa shape index (κ2) is 2.00. The van der Waals surface area contributed by atoms with Crippen LogP contribution >= 0.6 is 0 Å². The zero-order chi connectivity index (χ0) is 6.91. The molecule has 1 aliphatic rings. The van der Waals surface area contributed by atoms with Gasteiger partial charge in [-0.25, -0.2) is 0 Å². The van der Waals surface area contributed by atoms with Crippen molar-refractivity contribution in [1.82, 2.24) is 0 Å². The van der Waals surface area contributed by atoms with Gasteiger partial charge in [0.05, 0.1) is 6.07 Å². The standard InChI is InChI=1S/C7H12N2/c1-7(5-9)2-6(3-7)4-8/h6H,2-3,5,9H2,1H3. The molecule has 0 saturated heterocycles. The highest BCUT2D eigenvalue weighted by atomic mass is 14.6. The van der Waals surface area contributed by atoms with Crippen molar-refractivity contribution in [3.8, 4) is 6.07 Å². The van der Waals surface area contributed by atoms with Gasteiger partial charge in [-0.15, -0.1) is 0 Å².